The maximum Gasteiger partial charge on any atom is 0.336 e. The highest BCUT2D eigenvalue weighted by Crippen LogP contribution is 2.46. The van der Waals surface area contributed by atoms with Crippen molar-refractivity contribution in [2.75, 3.05) is 19.8 Å². The standard InChI is InChI=1S/C25H26FNO4S/c1-3-30-10-11-31-25(29)22-15(2)27-19-13-17(21-5-4-12-32-21)14-20(28)24(19)23(22)16-6-8-18(26)9-7-16/h4-9,12,17,23,27H,3,10-11,13-14H2,1-2H3. The molecule has 0 fully saturated rings. The number of thiophene rings is 1. The number of halogens is 1. The molecule has 1 N–H and O–H groups in total. The van der Waals surface area contributed by atoms with Crippen molar-refractivity contribution >= 4 is 23.1 Å². The monoisotopic (exact) mass is 455 g/mol. The molecule has 0 saturated heterocycles. The largest absolute Gasteiger partial charge is 0.460 e. The maximum absolute atomic E-state index is 13.6. The molecule has 2 aliphatic rings. The first-order valence-electron chi connectivity index (χ1n) is 10.8. The van der Waals surface area contributed by atoms with E-state index in [2.05, 4.69) is 11.4 Å². The fourth-order valence-electron chi connectivity index (χ4n) is 4.44. The van der Waals surface area contributed by atoms with Crippen LogP contribution in [0.3, 0.4) is 0 Å². The average molecular weight is 456 g/mol. The Labute approximate surface area is 190 Å². The van der Waals surface area contributed by atoms with Crippen LogP contribution in [0, 0.1) is 5.82 Å². The second-order valence-corrected chi connectivity index (χ2v) is 8.90. The van der Waals surface area contributed by atoms with E-state index in [1.54, 1.807) is 23.5 Å². The predicted octanol–water partition coefficient (Wildman–Crippen LogP) is 4.83. The topological polar surface area (TPSA) is 64.6 Å². The Kier molecular flexibility index (Phi) is 6.86. The summed E-state index contributed by atoms with van der Waals surface area (Å²) in [5, 5.41) is 5.34. The van der Waals surface area contributed by atoms with E-state index in [0.717, 1.165) is 5.70 Å². The smallest absolute Gasteiger partial charge is 0.336 e. The first-order chi connectivity index (χ1) is 15.5. The summed E-state index contributed by atoms with van der Waals surface area (Å²) in [5.41, 5.74) is 3.14. The molecule has 0 spiro atoms. The summed E-state index contributed by atoms with van der Waals surface area (Å²) in [6, 6.07) is 10.0. The summed E-state index contributed by atoms with van der Waals surface area (Å²) >= 11 is 1.65. The number of carbonyl (C=O) groups excluding carboxylic acids is 2. The van der Waals surface area contributed by atoms with E-state index in [9.17, 15) is 14.0 Å². The molecule has 1 aromatic heterocycles. The van der Waals surface area contributed by atoms with E-state index < -0.39 is 11.9 Å². The summed E-state index contributed by atoms with van der Waals surface area (Å²) < 4.78 is 24.4. The molecular formula is C25H26FNO4S. The van der Waals surface area contributed by atoms with Crippen LogP contribution in [0.5, 0.6) is 0 Å². The van der Waals surface area contributed by atoms with Crippen LogP contribution in [0.2, 0.25) is 0 Å². The number of nitrogens with one attached hydrogen (secondary N) is 1. The average Bonchev–Trinajstić information content (AvgIpc) is 3.31. The van der Waals surface area contributed by atoms with Crippen molar-refractivity contribution in [1.29, 1.82) is 0 Å². The third kappa shape index (κ3) is 4.54. The number of hydrogen-bond donors (Lipinski definition) is 1. The van der Waals surface area contributed by atoms with Crippen molar-refractivity contribution in [3.05, 3.63) is 80.6 Å². The van der Waals surface area contributed by atoms with Gasteiger partial charge in [0, 0.05) is 46.7 Å². The van der Waals surface area contributed by atoms with Gasteiger partial charge in [-0.3, -0.25) is 4.79 Å². The highest BCUT2D eigenvalue weighted by molar-refractivity contribution is 7.10. The number of esters is 1. The summed E-state index contributed by atoms with van der Waals surface area (Å²) in [4.78, 5) is 27.6. The van der Waals surface area contributed by atoms with Gasteiger partial charge >= 0.3 is 5.97 Å². The Balaban J connectivity index is 1.70. The minimum absolute atomic E-state index is 0.00130. The van der Waals surface area contributed by atoms with E-state index in [1.807, 2.05) is 25.3 Å². The summed E-state index contributed by atoms with van der Waals surface area (Å²) in [6.07, 6.45) is 1.06. The zero-order chi connectivity index (χ0) is 22.7. The van der Waals surface area contributed by atoms with Gasteiger partial charge in [-0.2, -0.15) is 0 Å². The summed E-state index contributed by atoms with van der Waals surface area (Å²) in [6.45, 7) is 4.66. The highest BCUT2D eigenvalue weighted by Gasteiger charge is 2.41. The Morgan fingerprint density at radius 2 is 1.97 bits per heavy atom. The molecule has 0 radical (unpaired) electrons. The first-order valence-corrected chi connectivity index (χ1v) is 11.6. The number of rotatable bonds is 7. The summed E-state index contributed by atoms with van der Waals surface area (Å²) in [5.74, 6) is -1.35. The molecular weight excluding hydrogens is 429 g/mol. The number of ketones is 1. The lowest BCUT2D eigenvalue weighted by Crippen LogP contribution is -2.36. The summed E-state index contributed by atoms with van der Waals surface area (Å²) in [7, 11) is 0. The molecule has 32 heavy (non-hydrogen) atoms. The van der Waals surface area contributed by atoms with Gasteiger partial charge < -0.3 is 14.8 Å². The van der Waals surface area contributed by atoms with Crippen molar-refractivity contribution in [1.82, 2.24) is 5.32 Å². The Bertz CT molecular complexity index is 1060. The molecule has 7 heteroatoms. The second kappa shape index (κ2) is 9.79. The normalized spacial score (nSPS) is 20.8. The van der Waals surface area contributed by atoms with Gasteiger partial charge in [0.25, 0.3) is 0 Å². The van der Waals surface area contributed by atoms with Gasteiger partial charge in [0.1, 0.15) is 12.4 Å². The number of Topliss-reactive ketones (excluding diaryl/α,β-unsaturated/α-hetero) is 1. The van der Waals surface area contributed by atoms with E-state index >= 15 is 0 Å². The van der Waals surface area contributed by atoms with Gasteiger partial charge in [-0.1, -0.05) is 18.2 Å². The van der Waals surface area contributed by atoms with E-state index in [0.29, 0.717) is 48.5 Å². The Hall–Kier alpha value is -2.77. The molecule has 1 aliphatic heterocycles. The van der Waals surface area contributed by atoms with Gasteiger partial charge in [-0.25, -0.2) is 9.18 Å². The molecule has 5 nitrogen and oxygen atoms in total. The van der Waals surface area contributed by atoms with Gasteiger partial charge in [0.05, 0.1) is 12.2 Å². The molecule has 2 atom stereocenters. The second-order valence-electron chi connectivity index (χ2n) is 7.92. The van der Waals surface area contributed by atoms with Crippen LogP contribution >= 0.6 is 11.3 Å². The number of allylic oxidation sites excluding steroid dienone is 3. The number of dihydropyridines is 1. The molecule has 168 valence electrons. The lowest BCUT2D eigenvalue weighted by atomic mass is 9.72. The van der Waals surface area contributed by atoms with E-state index in [1.165, 1.54) is 17.0 Å². The molecule has 1 aliphatic carbocycles. The van der Waals surface area contributed by atoms with Crippen molar-refractivity contribution in [2.45, 2.75) is 38.5 Å². The lowest BCUT2D eigenvalue weighted by Gasteiger charge is -2.36. The fraction of sp³-hybridized carbons (Fsp3) is 0.360. The fourth-order valence-corrected chi connectivity index (χ4v) is 5.27. The molecule has 2 heterocycles. The van der Waals surface area contributed by atoms with Crippen LogP contribution in [-0.2, 0) is 19.1 Å². The van der Waals surface area contributed by atoms with Crippen LogP contribution in [-0.4, -0.2) is 31.6 Å². The third-order valence-electron chi connectivity index (χ3n) is 5.86. The zero-order valence-electron chi connectivity index (χ0n) is 18.2. The number of benzene rings is 1. The van der Waals surface area contributed by atoms with Crippen LogP contribution < -0.4 is 5.32 Å². The molecule has 1 aromatic carbocycles. The van der Waals surface area contributed by atoms with E-state index in [-0.39, 0.29) is 24.1 Å². The minimum Gasteiger partial charge on any atom is -0.460 e. The quantitative estimate of drug-likeness (QED) is 0.479. The molecule has 0 bridgehead atoms. The van der Waals surface area contributed by atoms with Gasteiger partial charge in [0.15, 0.2) is 5.78 Å². The van der Waals surface area contributed by atoms with Crippen LogP contribution in [0.1, 0.15) is 49.0 Å². The third-order valence-corrected chi connectivity index (χ3v) is 6.90. The maximum atomic E-state index is 13.6. The van der Waals surface area contributed by atoms with Crippen LogP contribution in [0.25, 0.3) is 0 Å². The van der Waals surface area contributed by atoms with Crippen molar-refractivity contribution < 1.29 is 23.5 Å². The first kappa shape index (κ1) is 22.4. The minimum atomic E-state index is -0.594. The van der Waals surface area contributed by atoms with Gasteiger partial charge in [-0.05, 0) is 49.4 Å². The molecule has 0 saturated carbocycles. The molecule has 0 amide bonds. The Morgan fingerprint density at radius 3 is 2.66 bits per heavy atom. The molecule has 2 aromatic rings. The number of hydrogen-bond acceptors (Lipinski definition) is 6. The van der Waals surface area contributed by atoms with Gasteiger partial charge in [0.2, 0.25) is 0 Å². The van der Waals surface area contributed by atoms with Crippen LogP contribution in [0.4, 0.5) is 4.39 Å². The zero-order valence-corrected chi connectivity index (χ0v) is 19.0. The van der Waals surface area contributed by atoms with Crippen molar-refractivity contribution in [3.8, 4) is 0 Å². The van der Waals surface area contributed by atoms with E-state index in [4.69, 9.17) is 9.47 Å². The lowest BCUT2D eigenvalue weighted by molar-refractivity contribution is -0.140. The number of ether oxygens (including phenoxy) is 2. The SMILES string of the molecule is CCOCCOC(=O)C1=C(C)NC2=C(C(=O)CC(c3cccs3)C2)C1c1ccc(F)cc1. The van der Waals surface area contributed by atoms with Gasteiger partial charge in [-0.15, -0.1) is 11.3 Å². The van der Waals surface area contributed by atoms with Crippen molar-refractivity contribution in [3.63, 3.8) is 0 Å². The van der Waals surface area contributed by atoms with Crippen LogP contribution in [0.15, 0.2) is 64.3 Å². The molecule has 4 rings (SSSR count). The highest BCUT2D eigenvalue weighted by atomic mass is 32.1. The predicted molar refractivity (Wildman–Crippen MR) is 121 cm³/mol. The molecule has 2 unspecified atom stereocenters. The Morgan fingerprint density at radius 1 is 1.19 bits per heavy atom. The van der Waals surface area contributed by atoms with Crippen molar-refractivity contribution in [2.24, 2.45) is 0 Å². The number of carbonyl (C=O) groups is 2.